The molecule has 0 radical (unpaired) electrons. The van der Waals surface area contributed by atoms with Crippen LogP contribution in [0.2, 0.25) is 0 Å². The Morgan fingerprint density at radius 3 is 2.24 bits per heavy atom. The van der Waals surface area contributed by atoms with E-state index in [0.29, 0.717) is 59.1 Å². The van der Waals surface area contributed by atoms with Crippen LogP contribution in [0.25, 0.3) is 0 Å². The Kier molecular flexibility index (Phi) is 14.4. The molecule has 17 heteroatoms. The molecule has 12 rings (SSSR count). The first-order chi connectivity index (χ1) is 39.1. The lowest BCUT2D eigenvalue weighted by molar-refractivity contribution is -0.384. The minimum Gasteiger partial charge on any atom is -0.491 e. The van der Waals surface area contributed by atoms with Gasteiger partial charge in [-0.1, -0.05) is 96.8 Å². The van der Waals surface area contributed by atoms with Crippen LogP contribution < -0.4 is 19.1 Å². The molecule has 3 fully saturated rings. The number of fused-ring (bicyclic) bond motifs is 4. The Morgan fingerprint density at radius 2 is 1.50 bits per heavy atom. The summed E-state index contributed by atoms with van der Waals surface area (Å²) in [4.78, 5) is 82.4. The first-order valence-corrected chi connectivity index (χ1v) is 27.0. The summed E-state index contributed by atoms with van der Waals surface area (Å²) < 4.78 is 30.0. The first kappa shape index (κ1) is 51.9. The second-order valence-corrected chi connectivity index (χ2v) is 20.8. The second kappa shape index (κ2) is 22.1. The van der Waals surface area contributed by atoms with Crippen molar-refractivity contribution in [3.05, 3.63) is 206 Å². The van der Waals surface area contributed by atoms with Crippen molar-refractivity contribution in [3.63, 3.8) is 0 Å². The molecule has 5 heterocycles. The van der Waals surface area contributed by atoms with Gasteiger partial charge in [0, 0.05) is 50.4 Å². The SMILES string of the molecule is O=C1O[C@@H](c2ccccc2)[C@@H](c2ccccc2)N2[C@@H](c3cccc(OCCO)c3)[C@]3(C(=O)N(C(=O)OCc4ccc([N+](=O)[O-])cc4)c4ccc(C#CC5=CCCCC5)cc43)[C@@H](C(=O)N3CCN(Cc4ccc5c(c4)OCO5)CC3)[C@H]12. The number of anilines is 1. The number of nitro benzene ring substituents is 1. The summed E-state index contributed by atoms with van der Waals surface area (Å²) in [5.41, 5.74) is 3.02. The van der Waals surface area contributed by atoms with Gasteiger partial charge in [0.15, 0.2) is 11.5 Å². The molecule has 6 aromatic carbocycles. The lowest BCUT2D eigenvalue weighted by Crippen LogP contribution is -2.59. The van der Waals surface area contributed by atoms with Crippen molar-refractivity contribution in [3.8, 4) is 29.1 Å². The van der Waals surface area contributed by atoms with Gasteiger partial charge in [-0.3, -0.25) is 34.3 Å². The summed E-state index contributed by atoms with van der Waals surface area (Å²) in [5.74, 6) is 4.88. The summed E-state index contributed by atoms with van der Waals surface area (Å²) >= 11 is 0. The third-order valence-electron chi connectivity index (χ3n) is 16.1. The van der Waals surface area contributed by atoms with E-state index in [2.05, 4.69) is 22.8 Å². The van der Waals surface area contributed by atoms with Gasteiger partial charge < -0.3 is 33.7 Å². The van der Waals surface area contributed by atoms with Crippen molar-refractivity contribution in [2.45, 2.75) is 68.5 Å². The number of ether oxygens (including phenoxy) is 5. The standard InChI is InChI=1S/C63H57N5O12/c69-33-34-76-49-18-10-17-47(37-49)58-63(50-35-42(20-19-41-11-4-1-5-12-41)23-27-51(50)66(61(63)72)62(73)77-39-43-21-25-48(26-22-43)68(74)75)54(59(70)65-31-29-64(30-32-65)38-44-24-28-52-53(36-44)79-40-78-52)56-60(71)80-57(46-15-8-3-9-16-46)55(67(56)58)45-13-6-2-7-14-45/h2-3,6-11,13-18,21-28,35-37,54-58,69H,1,4-5,12,29-34,38-40H2/t54-,55-,56-,57+,58+,63-/m1/s1. The van der Waals surface area contributed by atoms with Crippen LogP contribution in [0.1, 0.15) is 82.8 Å². The number of piperazine rings is 1. The smallest absolute Gasteiger partial charge is 0.421 e. The zero-order chi connectivity index (χ0) is 54.9. The van der Waals surface area contributed by atoms with Crippen molar-refractivity contribution in [1.82, 2.24) is 14.7 Å². The lowest BCUT2D eigenvalue weighted by Gasteiger charge is -2.46. The topological polar surface area (TPSA) is 191 Å². The van der Waals surface area contributed by atoms with Gasteiger partial charge in [-0.2, -0.15) is 0 Å². The van der Waals surface area contributed by atoms with Gasteiger partial charge in [-0.25, -0.2) is 9.69 Å². The van der Waals surface area contributed by atoms with E-state index >= 15 is 19.2 Å². The quantitative estimate of drug-likeness (QED) is 0.0529. The number of amides is 3. The summed E-state index contributed by atoms with van der Waals surface area (Å²) in [6, 6.07) is 39.1. The van der Waals surface area contributed by atoms with Crippen molar-refractivity contribution in [2.24, 2.45) is 5.92 Å². The van der Waals surface area contributed by atoms with Crippen LogP contribution >= 0.6 is 0 Å². The minimum absolute atomic E-state index is 0.0446. The number of carbonyl (C=O) groups excluding carboxylic acids is 4. The van der Waals surface area contributed by atoms with E-state index in [9.17, 15) is 15.2 Å². The number of hydrogen-bond acceptors (Lipinski definition) is 14. The molecular weight excluding hydrogens is 1020 g/mol. The lowest BCUT2D eigenvalue weighted by atomic mass is 9.64. The number of aliphatic hydroxyl groups excluding tert-OH is 1. The van der Waals surface area contributed by atoms with Gasteiger partial charge in [0.1, 0.15) is 36.5 Å². The molecule has 406 valence electrons. The number of hydrogen-bond donors (Lipinski definition) is 1. The molecule has 0 aromatic heterocycles. The molecular formula is C63H57N5O12. The molecule has 3 saturated heterocycles. The van der Waals surface area contributed by atoms with Crippen LogP contribution in [0, 0.1) is 27.9 Å². The van der Waals surface area contributed by atoms with Gasteiger partial charge in [-0.15, -0.1) is 0 Å². The molecule has 1 aliphatic carbocycles. The first-order valence-electron chi connectivity index (χ1n) is 27.0. The molecule has 0 unspecified atom stereocenters. The number of rotatable bonds is 12. The minimum atomic E-state index is -2.10. The number of carbonyl (C=O) groups is 4. The van der Waals surface area contributed by atoms with E-state index < -0.39 is 64.4 Å². The molecule has 3 amide bonds. The Balaban J connectivity index is 1.05. The van der Waals surface area contributed by atoms with Crippen LogP contribution in [-0.4, -0.2) is 101 Å². The molecule has 6 aromatic rings. The van der Waals surface area contributed by atoms with Crippen molar-refractivity contribution >= 4 is 35.3 Å². The van der Waals surface area contributed by atoms with Crippen LogP contribution in [0.15, 0.2) is 157 Å². The summed E-state index contributed by atoms with van der Waals surface area (Å²) in [6.45, 7) is 1.42. The predicted molar refractivity (Wildman–Crippen MR) is 292 cm³/mol. The Morgan fingerprint density at radius 1 is 0.762 bits per heavy atom. The zero-order valence-corrected chi connectivity index (χ0v) is 43.7. The molecule has 5 aliphatic heterocycles. The van der Waals surface area contributed by atoms with Gasteiger partial charge in [-0.05, 0) is 119 Å². The second-order valence-electron chi connectivity index (χ2n) is 20.8. The van der Waals surface area contributed by atoms with Crippen LogP contribution in [0.3, 0.4) is 0 Å². The average molecular weight is 1080 g/mol. The average Bonchev–Trinajstić information content (AvgIpc) is 2.42. The van der Waals surface area contributed by atoms with Crippen molar-refractivity contribution < 1.29 is 52.9 Å². The van der Waals surface area contributed by atoms with Gasteiger partial charge in [0.2, 0.25) is 18.6 Å². The van der Waals surface area contributed by atoms with E-state index in [1.54, 1.807) is 41.3 Å². The van der Waals surface area contributed by atoms with Crippen LogP contribution in [0.4, 0.5) is 16.2 Å². The fourth-order valence-electron chi connectivity index (χ4n) is 12.5. The van der Waals surface area contributed by atoms with E-state index in [1.807, 2.05) is 89.8 Å². The van der Waals surface area contributed by atoms with Crippen LogP contribution in [0.5, 0.6) is 17.2 Å². The fraction of sp³-hybridized carbons (Fsp3) is 0.302. The molecule has 6 aliphatic rings. The number of benzene rings is 6. The predicted octanol–water partition coefficient (Wildman–Crippen LogP) is 8.89. The molecule has 0 bridgehead atoms. The number of non-ortho nitro benzene ring substituents is 1. The molecule has 1 spiro atoms. The number of esters is 1. The Bertz CT molecular complexity index is 3460. The summed E-state index contributed by atoms with van der Waals surface area (Å²) in [5, 5.41) is 21.5. The molecule has 0 saturated carbocycles. The molecule has 6 atom stereocenters. The van der Waals surface area contributed by atoms with Gasteiger partial charge >= 0.3 is 12.1 Å². The maximum absolute atomic E-state index is 17.0. The maximum Gasteiger partial charge on any atom is 0.421 e. The molecule has 17 nitrogen and oxygen atoms in total. The van der Waals surface area contributed by atoms with Crippen molar-refractivity contribution in [2.75, 3.05) is 51.1 Å². The van der Waals surface area contributed by atoms with Gasteiger partial charge in [0.05, 0.1) is 35.2 Å². The highest BCUT2D eigenvalue weighted by atomic mass is 16.7. The third-order valence-corrected chi connectivity index (χ3v) is 16.1. The van der Waals surface area contributed by atoms with E-state index in [-0.39, 0.29) is 56.6 Å². The van der Waals surface area contributed by atoms with Crippen LogP contribution in [-0.2, 0) is 42.4 Å². The normalized spacial score (nSPS) is 23.1. The third kappa shape index (κ3) is 9.58. The number of allylic oxidation sites excluding steroid dienone is 2. The molecule has 1 N–H and O–H groups in total. The zero-order valence-electron chi connectivity index (χ0n) is 43.7. The number of nitro groups is 1. The largest absolute Gasteiger partial charge is 0.491 e. The summed E-state index contributed by atoms with van der Waals surface area (Å²) in [6.07, 6.45) is 3.90. The maximum atomic E-state index is 17.0. The monoisotopic (exact) mass is 1080 g/mol. The van der Waals surface area contributed by atoms with E-state index in [4.69, 9.17) is 23.7 Å². The number of imide groups is 1. The highest BCUT2D eigenvalue weighted by Gasteiger charge is 2.76. The molecule has 80 heavy (non-hydrogen) atoms. The Labute approximate surface area is 462 Å². The summed E-state index contributed by atoms with van der Waals surface area (Å²) in [7, 11) is 0. The number of aliphatic hydroxyl groups is 1. The Hall–Kier alpha value is -8.82. The number of cyclic esters (lactones) is 1. The van der Waals surface area contributed by atoms with E-state index in [0.717, 1.165) is 47.3 Å². The van der Waals surface area contributed by atoms with Crippen molar-refractivity contribution in [1.29, 1.82) is 0 Å². The highest BCUT2D eigenvalue weighted by molar-refractivity contribution is 6.23. The van der Waals surface area contributed by atoms with Gasteiger partial charge in [0.25, 0.3) is 5.69 Å². The highest BCUT2D eigenvalue weighted by Crippen LogP contribution is 2.66. The number of morpholine rings is 1. The van der Waals surface area contributed by atoms with E-state index in [1.165, 1.54) is 24.3 Å². The fourth-order valence-corrected chi connectivity index (χ4v) is 12.5. The number of nitrogens with zero attached hydrogens (tertiary/aromatic N) is 5.